The highest BCUT2D eigenvalue weighted by Gasteiger charge is 2.35. The minimum Gasteiger partial charge on any atom is -0.394 e. The van der Waals surface area contributed by atoms with E-state index in [0.29, 0.717) is 18.6 Å². The van der Waals surface area contributed by atoms with Gasteiger partial charge in [0.15, 0.2) is 11.2 Å². The molecule has 0 aliphatic carbocycles. The largest absolute Gasteiger partial charge is 0.394 e. The molecule has 1 saturated heterocycles. The van der Waals surface area contributed by atoms with E-state index in [1.807, 2.05) is 0 Å². The van der Waals surface area contributed by atoms with Crippen molar-refractivity contribution in [1.82, 2.24) is 19.1 Å². The zero-order chi connectivity index (χ0) is 24.0. The lowest BCUT2D eigenvalue weighted by atomic mass is 10.1. The molecule has 1 aliphatic heterocycles. The van der Waals surface area contributed by atoms with Gasteiger partial charge in [-0.05, 0) is 53.4 Å². The third kappa shape index (κ3) is 6.50. The minimum absolute atomic E-state index is 0.213. The first-order chi connectivity index (χ1) is 15.8. The molecule has 8 heteroatoms. The molecule has 3 atom stereocenters. The molecule has 0 saturated carbocycles. The van der Waals surface area contributed by atoms with Crippen molar-refractivity contribution in [2.75, 3.05) is 6.61 Å². The van der Waals surface area contributed by atoms with Gasteiger partial charge in [-0.15, -0.1) is 0 Å². The number of hydrogen-bond donors (Lipinski definition) is 2. The number of aromatic nitrogens is 4. The van der Waals surface area contributed by atoms with Gasteiger partial charge in [-0.25, -0.2) is 9.97 Å². The lowest BCUT2D eigenvalue weighted by Crippen LogP contribution is -2.24. The van der Waals surface area contributed by atoms with Crippen molar-refractivity contribution in [3.05, 3.63) is 58.0 Å². The molecule has 0 bridgehead atoms. The average Bonchev–Trinajstić information content (AvgIpc) is 3.36. The Hall–Kier alpha value is -2.55. The molecule has 33 heavy (non-hydrogen) atoms. The van der Waals surface area contributed by atoms with Gasteiger partial charge in [0.25, 0.3) is 5.56 Å². The summed E-state index contributed by atoms with van der Waals surface area (Å²) in [6.07, 6.45) is 12.2. The number of ether oxygens (including phenoxy) is 1. The van der Waals surface area contributed by atoms with E-state index < -0.39 is 18.4 Å². The molecule has 2 aromatic heterocycles. The third-order valence-corrected chi connectivity index (χ3v) is 6.00. The van der Waals surface area contributed by atoms with E-state index in [1.165, 1.54) is 29.4 Å². The van der Waals surface area contributed by atoms with E-state index in [1.54, 1.807) is 9.13 Å². The van der Waals surface area contributed by atoms with Crippen LogP contribution in [0.15, 0.2) is 52.4 Å². The fourth-order valence-corrected chi connectivity index (χ4v) is 3.93. The van der Waals surface area contributed by atoms with Crippen LogP contribution in [-0.2, 0) is 11.3 Å². The summed E-state index contributed by atoms with van der Waals surface area (Å²) in [5.74, 6) is 0. The van der Waals surface area contributed by atoms with Gasteiger partial charge in [0, 0.05) is 13.0 Å². The van der Waals surface area contributed by atoms with Crippen LogP contribution in [0.2, 0.25) is 0 Å². The predicted octanol–water partition coefficient (Wildman–Crippen LogP) is 3.65. The molecule has 0 radical (unpaired) electrons. The summed E-state index contributed by atoms with van der Waals surface area (Å²) in [5, 5.41) is 19.3. The van der Waals surface area contributed by atoms with E-state index in [2.05, 4.69) is 55.9 Å². The van der Waals surface area contributed by atoms with Crippen molar-refractivity contribution >= 4 is 11.2 Å². The van der Waals surface area contributed by atoms with Crippen LogP contribution in [0.4, 0.5) is 0 Å². The van der Waals surface area contributed by atoms with Gasteiger partial charge in [-0.1, -0.05) is 34.9 Å². The first kappa shape index (κ1) is 25.1. The first-order valence-corrected chi connectivity index (χ1v) is 11.6. The van der Waals surface area contributed by atoms with Crippen molar-refractivity contribution in [2.45, 2.75) is 84.8 Å². The molecule has 0 unspecified atom stereocenters. The number of nitrogens with zero attached hydrogens (tertiary/aromatic N) is 4. The van der Waals surface area contributed by atoms with Crippen LogP contribution in [0.3, 0.4) is 0 Å². The number of aliphatic hydroxyl groups is 2. The van der Waals surface area contributed by atoms with Crippen LogP contribution in [0, 0.1) is 0 Å². The summed E-state index contributed by atoms with van der Waals surface area (Å²) in [7, 11) is 0. The molecule has 0 amide bonds. The summed E-state index contributed by atoms with van der Waals surface area (Å²) in [5.41, 5.74) is 4.47. The van der Waals surface area contributed by atoms with E-state index in [-0.39, 0.29) is 17.7 Å². The second kappa shape index (κ2) is 11.5. The Morgan fingerprint density at radius 3 is 2.45 bits per heavy atom. The highest BCUT2D eigenvalue weighted by atomic mass is 16.5. The van der Waals surface area contributed by atoms with Gasteiger partial charge in [0.05, 0.1) is 19.0 Å². The van der Waals surface area contributed by atoms with E-state index in [4.69, 9.17) is 4.74 Å². The van der Waals surface area contributed by atoms with Crippen molar-refractivity contribution < 1.29 is 14.9 Å². The Morgan fingerprint density at radius 2 is 1.79 bits per heavy atom. The molecule has 3 rings (SSSR count). The highest BCUT2D eigenvalue weighted by Crippen LogP contribution is 2.30. The van der Waals surface area contributed by atoms with Crippen LogP contribution in [0.5, 0.6) is 0 Å². The lowest BCUT2D eigenvalue weighted by Gasteiger charge is -2.13. The summed E-state index contributed by atoms with van der Waals surface area (Å²) >= 11 is 0. The normalized spacial score (nSPS) is 21.7. The molecule has 2 N–H and O–H groups in total. The Kier molecular flexibility index (Phi) is 8.77. The molecular weight excluding hydrogens is 420 g/mol. The maximum Gasteiger partial charge on any atom is 0.281 e. The summed E-state index contributed by atoms with van der Waals surface area (Å²) in [6.45, 7) is 8.69. The Morgan fingerprint density at radius 1 is 1.09 bits per heavy atom. The molecule has 0 spiro atoms. The standard InChI is InChI=1S/C25H36N4O4/c1-17(2)7-5-8-18(3)9-6-10-19(4)11-12-28-15-27-24-23(25(28)32)26-16-29(24)22-13-20(31)21(14-30)33-22/h7,9,11,15-16,20-22,30-31H,5-6,8,10,12-14H2,1-4H3/b18-9+,19-11+/t20-,21-,22-/m1/s1. The number of aliphatic hydroxyl groups excluding tert-OH is 2. The Balaban J connectivity index is 1.61. The van der Waals surface area contributed by atoms with Crippen molar-refractivity contribution in [1.29, 1.82) is 0 Å². The second-order valence-electron chi connectivity index (χ2n) is 9.10. The summed E-state index contributed by atoms with van der Waals surface area (Å²) in [6, 6.07) is 0. The minimum atomic E-state index is -0.762. The maximum atomic E-state index is 12.9. The smallest absolute Gasteiger partial charge is 0.281 e. The molecule has 0 aromatic carbocycles. The maximum absolute atomic E-state index is 12.9. The van der Waals surface area contributed by atoms with Crippen molar-refractivity contribution in [3.8, 4) is 0 Å². The van der Waals surface area contributed by atoms with Crippen LogP contribution in [-0.4, -0.2) is 48.1 Å². The van der Waals surface area contributed by atoms with Gasteiger partial charge in [0.1, 0.15) is 18.7 Å². The van der Waals surface area contributed by atoms with Crippen molar-refractivity contribution in [2.24, 2.45) is 0 Å². The molecular formula is C25H36N4O4. The zero-order valence-electron chi connectivity index (χ0n) is 20.1. The zero-order valence-corrected chi connectivity index (χ0v) is 20.1. The first-order valence-electron chi connectivity index (χ1n) is 11.6. The van der Waals surface area contributed by atoms with Gasteiger partial charge in [-0.2, -0.15) is 0 Å². The van der Waals surface area contributed by atoms with Crippen LogP contribution < -0.4 is 5.56 Å². The second-order valence-corrected chi connectivity index (χ2v) is 9.10. The number of imidazole rings is 1. The van der Waals surface area contributed by atoms with E-state index in [0.717, 1.165) is 25.7 Å². The SMILES string of the molecule is CC(C)=CCC/C(C)=C/CC/C(C)=C/Cn1cnc2c(ncn2[C@H]2C[C@@H](O)[C@@H](CO)O2)c1=O. The predicted molar refractivity (Wildman–Crippen MR) is 129 cm³/mol. The number of rotatable bonds is 10. The van der Waals surface area contributed by atoms with Gasteiger partial charge in [0.2, 0.25) is 0 Å². The molecule has 8 nitrogen and oxygen atoms in total. The number of allylic oxidation sites excluding steroid dienone is 6. The number of hydrogen-bond acceptors (Lipinski definition) is 6. The quantitative estimate of drug-likeness (QED) is 0.529. The fraction of sp³-hybridized carbons (Fsp3) is 0.560. The van der Waals surface area contributed by atoms with Crippen LogP contribution in [0.25, 0.3) is 11.2 Å². The van der Waals surface area contributed by atoms with Gasteiger partial charge >= 0.3 is 0 Å². The van der Waals surface area contributed by atoms with Crippen LogP contribution >= 0.6 is 0 Å². The van der Waals surface area contributed by atoms with E-state index in [9.17, 15) is 15.0 Å². The fourth-order valence-electron chi connectivity index (χ4n) is 3.93. The van der Waals surface area contributed by atoms with Crippen molar-refractivity contribution in [3.63, 3.8) is 0 Å². The van der Waals surface area contributed by atoms with Crippen LogP contribution in [0.1, 0.15) is 66.0 Å². The molecule has 180 valence electrons. The average molecular weight is 457 g/mol. The Labute approximate surface area is 194 Å². The van der Waals surface area contributed by atoms with Gasteiger partial charge in [-0.3, -0.25) is 13.9 Å². The van der Waals surface area contributed by atoms with E-state index >= 15 is 0 Å². The molecule has 3 heterocycles. The number of fused-ring (bicyclic) bond motifs is 1. The Bertz CT molecular complexity index is 1090. The lowest BCUT2D eigenvalue weighted by molar-refractivity contribution is -0.0432. The molecule has 1 fully saturated rings. The summed E-state index contributed by atoms with van der Waals surface area (Å²) < 4.78 is 8.86. The topological polar surface area (TPSA) is 102 Å². The molecule has 1 aliphatic rings. The molecule has 2 aromatic rings. The van der Waals surface area contributed by atoms with Gasteiger partial charge < -0.3 is 14.9 Å². The monoisotopic (exact) mass is 456 g/mol. The third-order valence-electron chi connectivity index (χ3n) is 6.00. The highest BCUT2D eigenvalue weighted by molar-refractivity contribution is 5.69. The summed E-state index contributed by atoms with van der Waals surface area (Å²) in [4.78, 5) is 21.5.